The smallest absolute Gasteiger partial charge is 0.243 e. The average molecular weight is 318 g/mol. The van der Waals surface area contributed by atoms with Crippen LogP contribution in [0.1, 0.15) is 18.9 Å². The van der Waals surface area contributed by atoms with Gasteiger partial charge >= 0.3 is 0 Å². The van der Waals surface area contributed by atoms with Crippen LogP contribution in [0.5, 0.6) is 0 Å². The first kappa shape index (κ1) is 15.8. The molecule has 112 valence electrons. The molecule has 0 saturated carbocycles. The molecule has 1 unspecified atom stereocenters. The summed E-state index contributed by atoms with van der Waals surface area (Å²) in [7, 11) is -3.56. The lowest BCUT2D eigenvalue weighted by Crippen LogP contribution is -2.41. The molecular formula is C13H19FN2O2S2. The maximum atomic E-state index is 13.4. The number of halogens is 1. The van der Waals surface area contributed by atoms with Crippen molar-refractivity contribution >= 4 is 21.8 Å². The molecule has 2 N–H and O–H groups in total. The standard InChI is InChI=1S/C13H19FN2O2S2/c1-2-11-9-16(5-6-19-11)20(17,18)12-3-4-13(14)10(7-12)8-15/h3-4,7,11H,2,5-6,8-9,15H2,1H3. The normalized spacial score (nSPS) is 21.1. The Balaban J connectivity index is 2.30. The minimum absolute atomic E-state index is 0.0113. The van der Waals surface area contributed by atoms with Crippen LogP contribution in [-0.4, -0.2) is 36.8 Å². The lowest BCUT2D eigenvalue weighted by Gasteiger charge is -2.31. The van der Waals surface area contributed by atoms with E-state index in [9.17, 15) is 12.8 Å². The summed E-state index contributed by atoms with van der Waals surface area (Å²) in [5.41, 5.74) is 5.66. The largest absolute Gasteiger partial charge is 0.326 e. The van der Waals surface area contributed by atoms with Gasteiger partial charge in [0.2, 0.25) is 10.0 Å². The van der Waals surface area contributed by atoms with E-state index in [4.69, 9.17) is 5.73 Å². The summed E-state index contributed by atoms with van der Waals surface area (Å²) in [6.07, 6.45) is 0.939. The highest BCUT2D eigenvalue weighted by molar-refractivity contribution is 8.00. The van der Waals surface area contributed by atoms with E-state index in [-0.39, 0.29) is 17.0 Å². The molecule has 1 saturated heterocycles. The molecule has 1 aliphatic rings. The van der Waals surface area contributed by atoms with Crippen LogP contribution >= 0.6 is 11.8 Å². The molecule has 0 bridgehead atoms. The summed E-state index contributed by atoms with van der Waals surface area (Å²) >= 11 is 1.80. The highest BCUT2D eigenvalue weighted by atomic mass is 32.2. The number of nitrogens with zero attached hydrogens (tertiary/aromatic N) is 1. The average Bonchev–Trinajstić information content (AvgIpc) is 2.47. The summed E-state index contributed by atoms with van der Waals surface area (Å²) in [6, 6.07) is 3.82. The number of rotatable bonds is 4. The van der Waals surface area contributed by atoms with Crippen molar-refractivity contribution in [1.29, 1.82) is 0 Å². The van der Waals surface area contributed by atoms with Gasteiger partial charge in [0, 0.05) is 36.2 Å². The molecule has 4 nitrogen and oxygen atoms in total. The molecule has 0 radical (unpaired) electrons. The van der Waals surface area contributed by atoms with E-state index in [1.807, 2.05) is 0 Å². The zero-order valence-corrected chi connectivity index (χ0v) is 13.0. The zero-order valence-electron chi connectivity index (χ0n) is 11.4. The van der Waals surface area contributed by atoms with Crippen LogP contribution in [0.15, 0.2) is 23.1 Å². The first-order valence-corrected chi connectivity index (χ1v) is 9.08. The van der Waals surface area contributed by atoms with E-state index in [1.54, 1.807) is 11.8 Å². The zero-order chi connectivity index (χ0) is 14.8. The van der Waals surface area contributed by atoms with Crippen LogP contribution in [0.3, 0.4) is 0 Å². The molecule has 1 aliphatic heterocycles. The van der Waals surface area contributed by atoms with Crippen molar-refractivity contribution < 1.29 is 12.8 Å². The molecule has 1 atom stereocenters. The van der Waals surface area contributed by atoms with Crippen molar-refractivity contribution in [3.05, 3.63) is 29.6 Å². The van der Waals surface area contributed by atoms with Gasteiger partial charge in [0.15, 0.2) is 0 Å². The minimum atomic E-state index is -3.56. The van der Waals surface area contributed by atoms with Crippen LogP contribution in [0.2, 0.25) is 0 Å². The van der Waals surface area contributed by atoms with Crippen LogP contribution < -0.4 is 5.73 Å². The number of benzene rings is 1. The van der Waals surface area contributed by atoms with Gasteiger partial charge in [-0.3, -0.25) is 0 Å². The van der Waals surface area contributed by atoms with Crippen LogP contribution in [-0.2, 0) is 16.6 Å². The highest BCUT2D eigenvalue weighted by Gasteiger charge is 2.30. The topological polar surface area (TPSA) is 63.4 Å². The molecule has 0 spiro atoms. The molecular weight excluding hydrogens is 299 g/mol. The molecule has 20 heavy (non-hydrogen) atoms. The molecule has 0 aliphatic carbocycles. The van der Waals surface area contributed by atoms with Crippen molar-refractivity contribution in [2.24, 2.45) is 5.73 Å². The fraction of sp³-hybridized carbons (Fsp3) is 0.538. The summed E-state index contributed by atoms with van der Waals surface area (Å²) in [5.74, 6) is 0.329. The van der Waals surface area contributed by atoms with Gasteiger partial charge in [-0.15, -0.1) is 0 Å². The van der Waals surface area contributed by atoms with Gasteiger partial charge in [-0.05, 0) is 24.6 Å². The van der Waals surface area contributed by atoms with Gasteiger partial charge in [-0.25, -0.2) is 12.8 Å². The number of thioether (sulfide) groups is 1. The van der Waals surface area contributed by atoms with Crippen LogP contribution in [0.4, 0.5) is 4.39 Å². The van der Waals surface area contributed by atoms with Crippen molar-refractivity contribution in [1.82, 2.24) is 4.31 Å². The summed E-state index contributed by atoms with van der Waals surface area (Å²) in [5, 5.41) is 0.327. The SMILES string of the molecule is CCC1CN(S(=O)(=O)c2ccc(F)c(CN)c2)CCS1. The molecule has 7 heteroatoms. The third kappa shape index (κ3) is 3.16. The number of hydrogen-bond donors (Lipinski definition) is 1. The second-order valence-electron chi connectivity index (χ2n) is 4.72. The van der Waals surface area contributed by atoms with Crippen molar-refractivity contribution in [2.75, 3.05) is 18.8 Å². The van der Waals surface area contributed by atoms with E-state index in [2.05, 4.69) is 6.92 Å². The van der Waals surface area contributed by atoms with E-state index in [1.165, 1.54) is 22.5 Å². The second kappa shape index (κ2) is 6.43. The fourth-order valence-corrected chi connectivity index (χ4v) is 5.10. The Bertz CT molecular complexity index is 578. The van der Waals surface area contributed by atoms with Gasteiger partial charge in [-0.1, -0.05) is 6.92 Å². The molecule has 1 fully saturated rings. The highest BCUT2D eigenvalue weighted by Crippen LogP contribution is 2.26. The summed E-state index contributed by atoms with van der Waals surface area (Å²) < 4.78 is 40.1. The first-order valence-electron chi connectivity index (χ1n) is 6.59. The third-order valence-corrected chi connectivity index (χ3v) is 6.66. The summed E-state index contributed by atoms with van der Waals surface area (Å²) in [4.78, 5) is 0.126. The second-order valence-corrected chi connectivity index (χ2v) is 8.07. The Hall–Kier alpha value is -0.630. The Kier molecular flexibility index (Phi) is 5.06. The Morgan fingerprint density at radius 1 is 1.50 bits per heavy atom. The Morgan fingerprint density at radius 2 is 2.25 bits per heavy atom. The van der Waals surface area contributed by atoms with Crippen molar-refractivity contribution in [3.63, 3.8) is 0 Å². The molecule has 1 aromatic carbocycles. The van der Waals surface area contributed by atoms with E-state index in [0.717, 1.165) is 12.2 Å². The van der Waals surface area contributed by atoms with Gasteiger partial charge in [0.05, 0.1) is 4.90 Å². The van der Waals surface area contributed by atoms with E-state index in [0.29, 0.717) is 18.3 Å². The van der Waals surface area contributed by atoms with Crippen molar-refractivity contribution in [3.8, 4) is 0 Å². The Morgan fingerprint density at radius 3 is 2.90 bits per heavy atom. The third-order valence-electron chi connectivity index (χ3n) is 3.43. The van der Waals surface area contributed by atoms with Crippen molar-refractivity contribution in [2.45, 2.75) is 30.0 Å². The molecule has 1 aromatic rings. The lowest BCUT2D eigenvalue weighted by atomic mass is 10.2. The minimum Gasteiger partial charge on any atom is -0.326 e. The number of hydrogen-bond acceptors (Lipinski definition) is 4. The van der Waals surface area contributed by atoms with Crippen LogP contribution in [0.25, 0.3) is 0 Å². The molecule has 2 rings (SSSR count). The molecule has 0 amide bonds. The lowest BCUT2D eigenvalue weighted by molar-refractivity contribution is 0.416. The Labute approximate surface area is 123 Å². The predicted octanol–water partition coefficient (Wildman–Crippen LogP) is 1.80. The van der Waals surface area contributed by atoms with E-state index < -0.39 is 15.8 Å². The quantitative estimate of drug-likeness (QED) is 0.919. The fourth-order valence-electron chi connectivity index (χ4n) is 2.17. The predicted molar refractivity (Wildman–Crippen MR) is 79.6 cm³/mol. The maximum Gasteiger partial charge on any atom is 0.243 e. The van der Waals surface area contributed by atoms with E-state index >= 15 is 0 Å². The first-order chi connectivity index (χ1) is 9.48. The van der Waals surface area contributed by atoms with Gasteiger partial charge in [0.25, 0.3) is 0 Å². The van der Waals surface area contributed by atoms with Gasteiger partial charge in [0.1, 0.15) is 5.82 Å². The van der Waals surface area contributed by atoms with Gasteiger partial charge in [-0.2, -0.15) is 16.1 Å². The number of nitrogens with two attached hydrogens (primary N) is 1. The monoisotopic (exact) mass is 318 g/mol. The summed E-state index contributed by atoms with van der Waals surface area (Å²) in [6.45, 7) is 3.05. The molecule has 0 aromatic heterocycles. The molecule has 1 heterocycles. The van der Waals surface area contributed by atoms with Crippen LogP contribution in [0, 0.1) is 5.82 Å². The van der Waals surface area contributed by atoms with Gasteiger partial charge < -0.3 is 5.73 Å². The number of sulfonamides is 1. The maximum absolute atomic E-state index is 13.4.